The number of hydrogen-bond donors (Lipinski definition) is 3. The Morgan fingerprint density at radius 2 is 1.89 bits per heavy atom. The number of amides is 1. The molecule has 4 rings (SSSR count). The fourth-order valence-corrected chi connectivity index (χ4v) is 3.13. The third kappa shape index (κ3) is 5.90. The second-order valence-corrected chi connectivity index (χ2v) is 7.02. The largest absolute Gasteiger partial charge is 1.00 e. The van der Waals surface area contributed by atoms with Gasteiger partial charge in [0, 0.05) is 12.6 Å². The number of H-pyrrole nitrogens is 2. The molecule has 0 radical (unpaired) electrons. The fourth-order valence-electron chi connectivity index (χ4n) is 3.13. The minimum atomic E-state index is -1.79. The Kier molecular flexibility index (Phi) is 7.96. The molecule has 14 heteroatoms. The standard InChI is InChI=1S/C21H16N6O7.Na/c28-19-17(20(29)30)25-14-6-13(16(27(32)33)7-15(14)26-19)18-22-9-12(24-18)10-34-21(31)23-8-11-4-2-1-3-5-11;/h1-7,9H,8,10H2,(H,22,24)(H,23,31)(H,26,28)(H,29,30);/q;+1/p-1. The first-order valence-electron chi connectivity index (χ1n) is 9.74. The van der Waals surface area contributed by atoms with Crippen LogP contribution in [0.1, 0.15) is 21.7 Å². The van der Waals surface area contributed by atoms with Crippen LogP contribution in [0, 0.1) is 10.1 Å². The molecule has 4 aromatic rings. The van der Waals surface area contributed by atoms with Gasteiger partial charge in [-0.1, -0.05) is 30.3 Å². The second kappa shape index (κ2) is 10.9. The van der Waals surface area contributed by atoms with E-state index in [2.05, 4.69) is 25.3 Å². The van der Waals surface area contributed by atoms with Gasteiger partial charge < -0.3 is 29.9 Å². The molecule has 13 nitrogen and oxygen atoms in total. The van der Waals surface area contributed by atoms with Gasteiger partial charge in [-0.15, -0.1) is 0 Å². The summed E-state index contributed by atoms with van der Waals surface area (Å²) in [6.07, 6.45) is 0.667. The molecular formula is C21H15N6NaO7. The van der Waals surface area contributed by atoms with Crippen molar-refractivity contribution in [2.24, 2.45) is 0 Å². The summed E-state index contributed by atoms with van der Waals surface area (Å²) in [5.74, 6) is -1.73. The molecule has 0 bridgehead atoms. The van der Waals surface area contributed by atoms with E-state index >= 15 is 0 Å². The van der Waals surface area contributed by atoms with E-state index in [0.717, 1.165) is 11.6 Å². The summed E-state index contributed by atoms with van der Waals surface area (Å²) in [5, 5.41) is 25.3. The first kappa shape index (κ1) is 25.6. The van der Waals surface area contributed by atoms with Gasteiger partial charge in [0.15, 0.2) is 5.69 Å². The van der Waals surface area contributed by atoms with E-state index in [9.17, 15) is 29.6 Å². The number of aromatic nitrogens is 4. The number of carboxylic acids is 1. The zero-order valence-corrected chi connectivity index (χ0v) is 20.2. The van der Waals surface area contributed by atoms with Crippen molar-refractivity contribution in [2.75, 3.05) is 0 Å². The maximum atomic E-state index is 11.9. The molecule has 0 aliphatic carbocycles. The minimum absolute atomic E-state index is 0. The quantitative estimate of drug-likeness (QED) is 0.151. The minimum Gasteiger partial charge on any atom is -0.543 e. The van der Waals surface area contributed by atoms with Crippen LogP contribution < -0.4 is 45.5 Å². The Morgan fingerprint density at radius 1 is 1.14 bits per heavy atom. The Bertz CT molecular complexity index is 1470. The van der Waals surface area contributed by atoms with Crippen molar-refractivity contribution in [2.45, 2.75) is 13.2 Å². The Balaban J connectivity index is 0.00000342. The molecule has 35 heavy (non-hydrogen) atoms. The summed E-state index contributed by atoms with van der Waals surface area (Å²) < 4.78 is 5.12. The first-order valence-corrected chi connectivity index (χ1v) is 9.74. The van der Waals surface area contributed by atoms with Gasteiger partial charge in [0.1, 0.15) is 12.4 Å². The maximum Gasteiger partial charge on any atom is 1.00 e. The van der Waals surface area contributed by atoms with Gasteiger partial charge >= 0.3 is 35.7 Å². The van der Waals surface area contributed by atoms with E-state index in [4.69, 9.17) is 4.74 Å². The summed E-state index contributed by atoms with van der Waals surface area (Å²) in [5.41, 5.74) is -1.13. The van der Waals surface area contributed by atoms with Gasteiger partial charge in [-0.2, -0.15) is 0 Å². The number of imidazole rings is 1. The Morgan fingerprint density at radius 3 is 2.57 bits per heavy atom. The van der Waals surface area contributed by atoms with E-state index in [0.29, 0.717) is 5.69 Å². The van der Waals surface area contributed by atoms with Crippen LogP contribution in [-0.4, -0.2) is 36.9 Å². The van der Waals surface area contributed by atoms with Gasteiger partial charge in [0.2, 0.25) is 0 Å². The average Bonchev–Trinajstić information content (AvgIpc) is 3.29. The van der Waals surface area contributed by atoms with E-state index in [1.807, 2.05) is 30.3 Å². The molecule has 0 spiro atoms. The van der Waals surface area contributed by atoms with Gasteiger partial charge in [0.05, 0.1) is 39.4 Å². The number of rotatable bonds is 7. The molecule has 0 saturated heterocycles. The van der Waals surface area contributed by atoms with E-state index in [1.165, 1.54) is 12.3 Å². The van der Waals surface area contributed by atoms with Crippen LogP contribution >= 0.6 is 0 Å². The summed E-state index contributed by atoms with van der Waals surface area (Å²) in [6, 6.07) is 11.5. The van der Waals surface area contributed by atoms with E-state index < -0.39 is 33.9 Å². The fraction of sp³-hybridized carbons (Fsp3) is 0.0952. The number of carbonyl (C=O) groups excluding carboxylic acids is 2. The Labute approximate surface area is 218 Å². The molecule has 172 valence electrons. The number of fused-ring (bicyclic) bond motifs is 1. The molecule has 2 aromatic heterocycles. The molecule has 0 unspecified atom stereocenters. The van der Waals surface area contributed by atoms with Crippen molar-refractivity contribution < 1.29 is 53.9 Å². The second-order valence-electron chi connectivity index (χ2n) is 7.02. The van der Waals surface area contributed by atoms with Crippen LogP contribution in [-0.2, 0) is 17.9 Å². The number of nitrogens with one attached hydrogen (secondary N) is 3. The zero-order valence-electron chi connectivity index (χ0n) is 18.2. The number of ether oxygens (including phenoxy) is 1. The summed E-state index contributed by atoms with van der Waals surface area (Å²) in [4.78, 5) is 58.6. The number of aromatic amines is 2. The van der Waals surface area contributed by atoms with E-state index in [-0.39, 0.29) is 65.1 Å². The third-order valence-corrected chi connectivity index (χ3v) is 4.72. The molecular weight excluding hydrogens is 471 g/mol. The smallest absolute Gasteiger partial charge is 0.543 e. The maximum absolute atomic E-state index is 11.9. The predicted octanol–water partition coefficient (Wildman–Crippen LogP) is -1.98. The number of nitro groups is 1. The first-order chi connectivity index (χ1) is 16.3. The molecule has 2 heterocycles. The number of aromatic carboxylic acids is 1. The molecule has 0 aliphatic heterocycles. The van der Waals surface area contributed by atoms with Crippen LogP contribution in [0.15, 0.2) is 53.5 Å². The summed E-state index contributed by atoms with van der Waals surface area (Å²) in [7, 11) is 0. The molecule has 0 atom stereocenters. The van der Waals surface area contributed by atoms with Crippen molar-refractivity contribution in [1.29, 1.82) is 0 Å². The molecule has 0 fully saturated rings. The number of benzene rings is 2. The van der Waals surface area contributed by atoms with Crippen LogP contribution in [0.2, 0.25) is 0 Å². The number of carbonyl (C=O) groups is 2. The third-order valence-electron chi connectivity index (χ3n) is 4.72. The summed E-state index contributed by atoms with van der Waals surface area (Å²) in [6.45, 7) is 0.0928. The molecule has 1 amide bonds. The number of hydrogen-bond acceptors (Lipinski definition) is 9. The molecule has 2 aromatic carbocycles. The topological polar surface area (TPSA) is 196 Å². The van der Waals surface area contributed by atoms with Gasteiger partial charge in [-0.05, 0) is 11.6 Å². The van der Waals surface area contributed by atoms with Crippen LogP contribution in [0.3, 0.4) is 0 Å². The number of carboxylic acid groups (broad SMARTS) is 1. The van der Waals surface area contributed by atoms with E-state index in [1.54, 1.807) is 0 Å². The molecule has 0 aliphatic rings. The van der Waals surface area contributed by atoms with Crippen molar-refractivity contribution in [3.05, 3.63) is 86.1 Å². The molecule has 3 N–H and O–H groups in total. The van der Waals surface area contributed by atoms with Crippen LogP contribution in [0.25, 0.3) is 22.4 Å². The van der Waals surface area contributed by atoms with Gasteiger partial charge in [-0.3, -0.25) is 14.9 Å². The van der Waals surface area contributed by atoms with Crippen molar-refractivity contribution in [1.82, 2.24) is 25.3 Å². The van der Waals surface area contributed by atoms with Crippen molar-refractivity contribution in [3.63, 3.8) is 0 Å². The number of alkyl carbamates (subject to hydrolysis) is 1. The predicted molar refractivity (Wildman–Crippen MR) is 114 cm³/mol. The molecule has 0 saturated carbocycles. The van der Waals surface area contributed by atoms with Crippen molar-refractivity contribution in [3.8, 4) is 11.4 Å². The van der Waals surface area contributed by atoms with Gasteiger partial charge in [0.25, 0.3) is 11.2 Å². The Hall–Kier alpha value is -4.07. The SMILES string of the molecule is O=C(NCc1ccccc1)OCc1cnc(-c2cc3nc(C(=O)[O-])c(=O)[nH]c3cc2[N+](=O)[O-])[nH]1.[Na+]. The summed E-state index contributed by atoms with van der Waals surface area (Å²) >= 11 is 0. The van der Waals surface area contributed by atoms with Crippen LogP contribution in [0.4, 0.5) is 10.5 Å². The van der Waals surface area contributed by atoms with Gasteiger partial charge in [-0.25, -0.2) is 14.8 Å². The monoisotopic (exact) mass is 486 g/mol. The average molecular weight is 486 g/mol. The number of nitro benzene ring substituents is 1. The van der Waals surface area contributed by atoms with Crippen LogP contribution in [0.5, 0.6) is 0 Å². The zero-order chi connectivity index (χ0) is 24.2. The number of nitrogens with zero attached hydrogens (tertiary/aromatic N) is 3. The normalized spacial score (nSPS) is 10.4. The van der Waals surface area contributed by atoms with Crippen molar-refractivity contribution >= 4 is 28.8 Å².